The number of carboxylic acids is 1. The number of carbonyl (C=O) groups is 1. The summed E-state index contributed by atoms with van der Waals surface area (Å²) in [5, 5.41) is 11.5. The van der Waals surface area contributed by atoms with Crippen LogP contribution in [0.25, 0.3) is 10.9 Å². The van der Waals surface area contributed by atoms with Crippen LogP contribution in [0, 0.1) is 0 Å². The van der Waals surface area contributed by atoms with Gasteiger partial charge < -0.3 is 19.8 Å². The molecule has 1 aliphatic rings. The van der Waals surface area contributed by atoms with Crippen LogP contribution in [-0.4, -0.2) is 24.0 Å². The van der Waals surface area contributed by atoms with Gasteiger partial charge in [-0.1, -0.05) is 6.07 Å². The van der Waals surface area contributed by atoms with Crippen LogP contribution in [0.5, 0.6) is 0 Å². The van der Waals surface area contributed by atoms with Gasteiger partial charge in [-0.05, 0) is 42.0 Å². The second kappa shape index (κ2) is 6.32. The number of benzene rings is 1. The van der Waals surface area contributed by atoms with E-state index in [-0.39, 0.29) is 12.0 Å². The summed E-state index contributed by atoms with van der Waals surface area (Å²) in [6.07, 6.45) is 2.92. The molecule has 0 bridgehead atoms. The molecular weight excluding hydrogens is 280 g/mol. The number of hydrogen-bond donors (Lipinski definition) is 2. The standard InChI is InChI=1S/C17H20N2O3/c20-16(21)6-4-12-3-5-15-13(9-12)10-14(17(22)18-15)11-19-7-1-2-8-19/h3,5,9-10H,1-2,4,6-8,11H2,(H,18,22)(H,20,21). The highest BCUT2D eigenvalue weighted by atomic mass is 16.4. The first kappa shape index (κ1) is 14.8. The molecule has 0 spiro atoms. The van der Waals surface area contributed by atoms with Crippen LogP contribution in [0.1, 0.15) is 30.4 Å². The van der Waals surface area contributed by atoms with Gasteiger partial charge in [0.05, 0.1) is 18.7 Å². The first-order valence-electron chi connectivity index (χ1n) is 7.80. The number of fused-ring (bicyclic) bond motifs is 1. The third-order valence-electron chi connectivity index (χ3n) is 4.35. The van der Waals surface area contributed by atoms with Crippen molar-refractivity contribution in [1.29, 1.82) is 0 Å². The number of pyridine rings is 1. The van der Waals surface area contributed by atoms with E-state index in [4.69, 9.17) is 0 Å². The quantitative estimate of drug-likeness (QED) is 0.773. The minimum Gasteiger partial charge on any atom is -0.550 e. The number of quaternary nitrogens is 1. The Bertz CT molecular complexity index is 745. The first-order valence-corrected chi connectivity index (χ1v) is 7.80. The van der Waals surface area contributed by atoms with Gasteiger partial charge in [0.2, 0.25) is 0 Å². The van der Waals surface area contributed by atoms with Crippen molar-refractivity contribution in [3.05, 3.63) is 45.7 Å². The third-order valence-corrected chi connectivity index (χ3v) is 4.35. The number of carbonyl (C=O) groups excluding carboxylic acids is 1. The van der Waals surface area contributed by atoms with E-state index in [0.717, 1.165) is 41.7 Å². The van der Waals surface area contributed by atoms with E-state index < -0.39 is 5.97 Å². The molecule has 22 heavy (non-hydrogen) atoms. The van der Waals surface area contributed by atoms with E-state index in [9.17, 15) is 14.7 Å². The summed E-state index contributed by atoms with van der Waals surface area (Å²) in [4.78, 5) is 27.1. The Labute approximate surface area is 128 Å². The summed E-state index contributed by atoms with van der Waals surface area (Å²) >= 11 is 0. The molecule has 116 valence electrons. The Hall–Kier alpha value is -2.14. The van der Waals surface area contributed by atoms with Crippen molar-refractivity contribution in [1.82, 2.24) is 4.98 Å². The van der Waals surface area contributed by atoms with Crippen LogP contribution in [-0.2, 0) is 17.8 Å². The highest BCUT2D eigenvalue weighted by Gasteiger charge is 2.17. The van der Waals surface area contributed by atoms with Gasteiger partial charge in [-0.3, -0.25) is 4.79 Å². The number of aryl methyl sites for hydroxylation is 1. The van der Waals surface area contributed by atoms with E-state index >= 15 is 0 Å². The minimum atomic E-state index is -1.04. The smallest absolute Gasteiger partial charge is 0.257 e. The fraction of sp³-hybridized carbons (Fsp3) is 0.412. The average Bonchev–Trinajstić information content (AvgIpc) is 2.99. The molecular formula is C17H20N2O3. The van der Waals surface area contributed by atoms with Crippen molar-refractivity contribution < 1.29 is 14.8 Å². The van der Waals surface area contributed by atoms with E-state index in [0.29, 0.717) is 6.42 Å². The molecule has 1 aromatic carbocycles. The Morgan fingerprint density at radius 2 is 2.00 bits per heavy atom. The lowest BCUT2D eigenvalue weighted by Gasteiger charge is -2.12. The minimum absolute atomic E-state index is 0.0135. The van der Waals surface area contributed by atoms with Gasteiger partial charge in [0.1, 0.15) is 6.54 Å². The van der Waals surface area contributed by atoms with Gasteiger partial charge in [-0.2, -0.15) is 0 Å². The molecule has 3 rings (SSSR count). The zero-order chi connectivity index (χ0) is 15.5. The number of H-pyrrole nitrogens is 1. The maximum absolute atomic E-state index is 12.2. The number of aliphatic carboxylic acids is 1. The molecule has 0 amide bonds. The van der Waals surface area contributed by atoms with Gasteiger partial charge >= 0.3 is 0 Å². The molecule has 0 unspecified atom stereocenters. The van der Waals surface area contributed by atoms with Crippen LogP contribution < -0.4 is 15.6 Å². The topological polar surface area (TPSA) is 77.4 Å². The Balaban J connectivity index is 1.87. The van der Waals surface area contributed by atoms with Gasteiger partial charge in [0.15, 0.2) is 0 Å². The van der Waals surface area contributed by atoms with Crippen molar-refractivity contribution in [3.63, 3.8) is 0 Å². The summed E-state index contributed by atoms with van der Waals surface area (Å²) in [5.74, 6) is -1.04. The normalized spacial score (nSPS) is 15.5. The number of aromatic amines is 1. The predicted octanol–water partition coefficient (Wildman–Crippen LogP) is -0.611. The molecule has 1 aromatic heterocycles. The van der Waals surface area contributed by atoms with Crippen molar-refractivity contribution in [2.24, 2.45) is 0 Å². The highest BCUT2D eigenvalue weighted by Crippen LogP contribution is 2.15. The zero-order valence-corrected chi connectivity index (χ0v) is 12.5. The summed E-state index contributed by atoms with van der Waals surface area (Å²) < 4.78 is 0. The number of hydrogen-bond acceptors (Lipinski definition) is 3. The SMILES string of the molecule is O=C([O-])CCc1ccc2[nH]c(=O)c(C[NH+]3CCCC3)cc2c1. The maximum Gasteiger partial charge on any atom is 0.257 e. The second-order valence-corrected chi connectivity index (χ2v) is 6.05. The zero-order valence-electron chi connectivity index (χ0n) is 12.5. The van der Waals surface area contributed by atoms with Crippen LogP contribution in [0.15, 0.2) is 29.1 Å². The van der Waals surface area contributed by atoms with Crippen molar-refractivity contribution in [2.45, 2.75) is 32.2 Å². The molecule has 2 heterocycles. The molecule has 0 aliphatic carbocycles. The fourth-order valence-electron chi connectivity index (χ4n) is 3.16. The van der Waals surface area contributed by atoms with Crippen molar-refractivity contribution in [2.75, 3.05) is 13.1 Å². The van der Waals surface area contributed by atoms with Crippen molar-refractivity contribution in [3.8, 4) is 0 Å². The summed E-state index contributed by atoms with van der Waals surface area (Å²) in [7, 11) is 0. The lowest BCUT2D eigenvalue weighted by atomic mass is 10.1. The Kier molecular flexibility index (Phi) is 4.24. The molecule has 5 heteroatoms. The monoisotopic (exact) mass is 300 g/mol. The van der Waals surface area contributed by atoms with Crippen LogP contribution in [0.3, 0.4) is 0 Å². The number of nitrogens with one attached hydrogen (secondary N) is 2. The average molecular weight is 300 g/mol. The molecule has 2 N–H and O–H groups in total. The lowest BCUT2D eigenvalue weighted by molar-refractivity contribution is -0.901. The third kappa shape index (κ3) is 3.36. The molecule has 0 radical (unpaired) electrons. The molecule has 1 fully saturated rings. The molecule has 2 aromatic rings. The van der Waals surface area contributed by atoms with Gasteiger partial charge in [0, 0.05) is 24.3 Å². The molecule has 0 atom stereocenters. The predicted molar refractivity (Wildman–Crippen MR) is 81.5 cm³/mol. The molecule has 5 nitrogen and oxygen atoms in total. The second-order valence-electron chi connectivity index (χ2n) is 6.05. The van der Waals surface area contributed by atoms with Crippen LogP contribution in [0.2, 0.25) is 0 Å². The highest BCUT2D eigenvalue weighted by molar-refractivity contribution is 5.79. The molecule has 1 aliphatic heterocycles. The van der Waals surface area contributed by atoms with Crippen LogP contribution in [0.4, 0.5) is 0 Å². The first-order chi connectivity index (χ1) is 10.6. The number of carboxylic acid groups (broad SMARTS) is 1. The summed E-state index contributed by atoms with van der Waals surface area (Å²) in [6.45, 7) is 3.01. The van der Waals surface area contributed by atoms with Crippen molar-refractivity contribution >= 4 is 16.9 Å². The van der Waals surface area contributed by atoms with Gasteiger partial charge in [0.25, 0.3) is 5.56 Å². The van der Waals surface area contributed by atoms with E-state index in [1.807, 2.05) is 24.3 Å². The Morgan fingerprint density at radius 3 is 2.73 bits per heavy atom. The molecule has 1 saturated heterocycles. The number of likely N-dealkylation sites (tertiary alicyclic amines) is 1. The Morgan fingerprint density at radius 1 is 1.23 bits per heavy atom. The van der Waals surface area contributed by atoms with E-state index in [1.165, 1.54) is 17.7 Å². The van der Waals surface area contributed by atoms with E-state index in [2.05, 4.69) is 4.98 Å². The fourth-order valence-corrected chi connectivity index (χ4v) is 3.16. The van der Waals surface area contributed by atoms with E-state index in [1.54, 1.807) is 0 Å². The maximum atomic E-state index is 12.2. The summed E-state index contributed by atoms with van der Waals surface area (Å²) in [6, 6.07) is 7.60. The van der Waals surface area contributed by atoms with Crippen LogP contribution >= 0.6 is 0 Å². The number of aromatic nitrogens is 1. The van der Waals surface area contributed by atoms with Gasteiger partial charge in [-0.15, -0.1) is 0 Å². The number of rotatable bonds is 5. The lowest BCUT2D eigenvalue weighted by Crippen LogP contribution is -3.08. The van der Waals surface area contributed by atoms with Gasteiger partial charge in [-0.25, -0.2) is 0 Å². The molecule has 0 saturated carbocycles. The summed E-state index contributed by atoms with van der Waals surface area (Å²) in [5.41, 5.74) is 2.53. The largest absolute Gasteiger partial charge is 0.550 e.